The zero-order valence-electron chi connectivity index (χ0n) is 9.04. The van der Waals surface area contributed by atoms with E-state index in [1.165, 1.54) is 0 Å². The SMILES string of the molecule is CCOC(=O)c1ncc(C(F)F)c(Cl)c1CN. The first-order valence-electron chi connectivity index (χ1n) is 4.85. The van der Waals surface area contributed by atoms with Crippen molar-refractivity contribution in [2.45, 2.75) is 19.9 Å². The van der Waals surface area contributed by atoms with Crippen LogP contribution in [0.25, 0.3) is 0 Å². The Morgan fingerprint density at radius 3 is 2.76 bits per heavy atom. The molecule has 0 amide bonds. The van der Waals surface area contributed by atoms with Gasteiger partial charge in [-0.1, -0.05) is 11.6 Å². The van der Waals surface area contributed by atoms with Crippen molar-refractivity contribution in [2.24, 2.45) is 5.73 Å². The Bertz CT molecular complexity index is 427. The lowest BCUT2D eigenvalue weighted by molar-refractivity contribution is 0.0517. The Balaban J connectivity index is 3.25. The standard InChI is InChI=1S/C10H11ClF2N2O2/c1-2-17-10(16)8-5(3-14)7(11)6(4-15-8)9(12)13/h4,9H,2-3,14H2,1H3. The molecule has 1 aromatic rings. The number of pyridine rings is 1. The summed E-state index contributed by atoms with van der Waals surface area (Å²) < 4.78 is 29.8. The number of hydrogen-bond donors (Lipinski definition) is 1. The lowest BCUT2D eigenvalue weighted by Gasteiger charge is -2.11. The molecule has 0 radical (unpaired) electrons. The van der Waals surface area contributed by atoms with Gasteiger partial charge in [-0.05, 0) is 6.92 Å². The number of carbonyl (C=O) groups is 1. The minimum absolute atomic E-state index is 0.0721. The van der Waals surface area contributed by atoms with Gasteiger partial charge in [0.2, 0.25) is 0 Å². The molecular weight excluding hydrogens is 254 g/mol. The highest BCUT2D eigenvalue weighted by Gasteiger charge is 2.22. The van der Waals surface area contributed by atoms with Crippen molar-refractivity contribution in [3.63, 3.8) is 0 Å². The van der Waals surface area contributed by atoms with Gasteiger partial charge < -0.3 is 10.5 Å². The van der Waals surface area contributed by atoms with Gasteiger partial charge in [-0.25, -0.2) is 18.6 Å². The van der Waals surface area contributed by atoms with Gasteiger partial charge in [-0.15, -0.1) is 0 Å². The van der Waals surface area contributed by atoms with Gasteiger partial charge in [0.1, 0.15) is 0 Å². The average Bonchev–Trinajstić information content (AvgIpc) is 2.28. The number of esters is 1. The van der Waals surface area contributed by atoms with E-state index in [0.717, 1.165) is 6.20 Å². The molecule has 0 aliphatic heterocycles. The number of nitrogens with two attached hydrogens (primary N) is 1. The molecule has 7 heteroatoms. The summed E-state index contributed by atoms with van der Waals surface area (Å²) in [6.45, 7) is 1.61. The van der Waals surface area contributed by atoms with Gasteiger partial charge in [-0.2, -0.15) is 0 Å². The molecule has 2 N–H and O–H groups in total. The molecule has 1 heterocycles. The zero-order chi connectivity index (χ0) is 13.0. The Hall–Kier alpha value is -1.27. The highest BCUT2D eigenvalue weighted by molar-refractivity contribution is 6.32. The second-order valence-electron chi connectivity index (χ2n) is 3.08. The first-order chi connectivity index (χ1) is 8.02. The molecule has 4 nitrogen and oxygen atoms in total. The summed E-state index contributed by atoms with van der Waals surface area (Å²) in [5.41, 5.74) is 4.88. The quantitative estimate of drug-likeness (QED) is 0.848. The van der Waals surface area contributed by atoms with Crippen LogP contribution in [-0.4, -0.2) is 17.6 Å². The van der Waals surface area contributed by atoms with E-state index >= 15 is 0 Å². The molecule has 0 spiro atoms. The molecule has 1 aromatic heterocycles. The summed E-state index contributed by atoms with van der Waals surface area (Å²) in [6, 6.07) is 0. The third-order valence-electron chi connectivity index (χ3n) is 2.04. The topological polar surface area (TPSA) is 65.2 Å². The van der Waals surface area contributed by atoms with Crippen LogP contribution in [0.3, 0.4) is 0 Å². The van der Waals surface area contributed by atoms with Crippen molar-refractivity contribution in [1.29, 1.82) is 0 Å². The number of nitrogens with zero attached hydrogens (tertiary/aromatic N) is 1. The van der Waals surface area contributed by atoms with Crippen LogP contribution in [0.5, 0.6) is 0 Å². The number of carbonyl (C=O) groups excluding carboxylic acids is 1. The van der Waals surface area contributed by atoms with Crippen LogP contribution in [0.15, 0.2) is 6.20 Å². The molecule has 0 unspecified atom stereocenters. The second kappa shape index (κ2) is 5.88. The highest BCUT2D eigenvalue weighted by Crippen LogP contribution is 2.30. The van der Waals surface area contributed by atoms with Crippen LogP contribution in [0.4, 0.5) is 8.78 Å². The number of halogens is 3. The zero-order valence-corrected chi connectivity index (χ0v) is 9.80. The molecule has 0 atom stereocenters. The second-order valence-corrected chi connectivity index (χ2v) is 3.46. The number of ether oxygens (including phenoxy) is 1. The maximum Gasteiger partial charge on any atom is 0.357 e. The van der Waals surface area contributed by atoms with Crippen molar-refractivity contribution < 1.29 is 18.3 Å². The van der Waals surface area contributed by atoms with E-state index in [1.54, 1.807) is 6.92 Å². The molecule has 0 saturated heterocycles. The first-order valence-corrected chi connectivity index (χ1v) is 5.23. The number of aromatic nitrogens is 1. The van der Waals surface area contributed by atoms with Crippen molar-refractivity contribution in [3.8, 4) is 0 Å². The molecule has 0 fully saturated rings. The minimum Gasteiger partial charge on any atom is -0.461 e. The van der Waals surface area contributed by atoms with Gasteiger partial charge in [0.15, 0.2) is 5.69 Å². The molecule has 0 aromatic carbocycles. The predicted molar refractivity (Wildman–Crippen MR) is 58.1 cm³/mol. The Kier molecular flexibility index (Phi) is 4.77. The van der Waals surface area contributed by atoms with Crippen LogP contribution < -0.4 is 5.73 Å². The third-order valence-corrected chi connectivity index (χ3v) is 2.49. The van der Waals surface area contributed by atoms with Crippen molar-refractivity contribution in [3.05, 3.63) is 28.0 Å². The molecule has 0 aliphatic carbocycles. The fourth-order valence-electron chi connectivity index (χ4n) is 1.26. The smallest absolute Gasteiger partial charge is 0.357 e. The van der Waals surface area contributed by atoms with Crippen LogP contribution in [-0.2, 0) is 11.3 Å². The first kappa shape index (κ1) is 13.8. The number of alkyl halides is 2. The van der Waals surface area contributed by atoms with Crippen LogP contribution in [0.2, 0.25) is 5.02 Å². The van der Waals surface area contributed by atoms with E-state index in [0.29, 0.717) is 0 Å². The lowest BCUT2D eigenvalue weighted by Crippen LogP contribution is -2.14. The van der Waals surface area contributed by atoms with Gasteiger partial charge in [0.25, 0.3) is 6.43 Å². The Labute approximate surface area is 102 Å². The summed E-state index contributed by atoms with van der Waals surface area (Å²) in [6.07, 6.45) is -1.91. The molecule has 0 saturated carbocycles. The molecule has 1 rings (SSSR count). The number of rotatable bonds is 4. The fraction of sp³-hybridized carbons (Fsp3) is 0.400. The maximum absolute atomic E-state index is 12.5. The highest BCUT2D eigenvalue weighted by atomic mass is 35.5. The maximum atomic E-state index is 12.5. The van der Waals surface area contributed by atoms with Crippen molar-refractivity contribution in [2.75, 3.05) is 6.61 Å². The van der Waals surface area contributed by atoms with E-state index in [2.05, 4.69) is 4.98 Å². The van der Waals surface area contributed by atoms with Gasteiger partial charge in [0.05, 0.1) is 17.2 Å². The summed E-state index contributed by atoms with van der Waals surface area (Å²) >= 11 is 5.75. The van der Waals surface area contributed by atoms with Crippen molar-refractivity contribution >= 4 is 17.6 Å². The van der Waals surface area contributed by atoms with E-state index in [4.69, 9.17) is 22.1 Å². The predicted octanol–water partition coefficient (Wildman–Crippen LogP) is 2.31. The van der Waals surface area contributed by atoms with Gasteiger partial charge in [-0.3, -0.25) is 0 Å². The fourth-order valence-corrected chi connectivity index (χ4v) is 1.56. The van der Waals surface area contributed by atoms with Crippen LogP contribution in [0, 0.1) is 0 Å². The summed E-state index contributed by atoms with van der Waals surface area (Å²) in [5.74, 6) is -0.726. The minimum atomic E-state index is -2.77. The largest absolute Gasteiger partial charge is 0.461 e. The summed E-state index contributed by atoms with van der Waals surface area (Å²) in [7, 11) is 0. The Morgan fingerprint density at radius 2 is 2.29 bits per heavy atom. The van der Waals surface area contributed by atoms with Gasteiger partial charge in [0, 0.05) is 18.3 Å². The molecule has 0 bridgehead atoms. The van der Waals surface area contributed by atoms with E-state index in [-0.39, 0.29) is 29.4 Å². The third kappa shape index (κ3) is 2.89. The van der Waals surface area contributed by atoms with Crippen molar-refractivity contribution in [1.82, 2.24) is 4.98 Å². The summed E-state index contributed by atoms with van der Waals surface area (Å²) in [5, 5.41) is -0.236. The van der Waals surface area contributed by atoms with Crippen LogP contribution in [0.1, 0.15) is 35.0 Å². The lowest BCUT2D eigenvalue weighted by atomic mass is 10.1. The number of hydrogen-bond acceptors (Lipinski definition) is 4. The monoisotopic (exact) mass is 264 g/mol. The van der Waals surface area contributed by atoms with E-state index in [1.807, 2.05) is 0 Å². The normalized spacial score (nSPS) is 10.7. The Morgan fingerprint density at radius 1 is 1.65 bits per heavy atom. The molecule has 17 heavy (non-hydrogen) atoms. The average molecular weight is 265 g/mol. The van der Waals surface area contributed by atoms with Crippen LogP contribution >= 0.6 is 11.6 Å². The molecular formula is C10H11ClF2N2O2. The summed E-state index contributed by atoms with van der Waals surface area (Å²) in [4.78, 5) is 15.1. The molecule has 94 valence electrons. The van der Waals surface area contributed by atoms with E-state index < -0.39 is 18.0 Å². The molecule has 0 aliphatic rings. The van der Waals surface area contributed by atoms with E-state index in [9.17, 15) is 13.6 Å². The van der Waals surface area contributed by atoms with Gasteiger partial charge >= 0.3 is 5.97 Å².